The molecule has 0 heterocycles. The fourth-order valence-electron chi connectivity index (χ4n) is 1.44. The second-order valence-corrected chi connectivity index (χ2v) is 4.87. The molecule has 0 aliphatic carbocycles. The molecule has 0 unspecified atom stereocenters. The minimum Gasteiger partial charge on any atom is -0.321 e. The van der Waals surface area contributed by atoms with Gasteiger partial charge >= 0.3 is 0 Å². The van der Waals surface area contributed by atoms with Crippen LogP contribution in [0.3, 0.4) is 0 Å². The van der Waals surface area contributed by atoms with Gasteiger partial charge in [0.15, 0.2) is 0 Å². The first kappa shape index (κ1) is 13.2. The standard InChI is InChI=1S/C13H8Cl3NO/c14-9-5-8(6-10(15)7-9)13(18)17-12-4-2-1-3-11(12)16/h1-7H,(H,17,18). The molecule has 0 atom stereocenters. The van der Waals surface area contributed by atoms with Gasteiger partial charge in [-0.3, -0.25) is 4.79 Å². The third-order valence-corrected chi connectivity index (χ3v) is 3.01. The Kier molecular flexibility index (Phi) is 4.12. The van der Waals surface area contributed by atoms with Gasteiger partial charge in [0, 0.05) is 15.6 Å². The fraction of sp³-hybridized carbons (Fsp3) is 0. The van der Waals surface area contributed by atoms with Crippen molar-refractivity contribution < 1.29 is 4.79 Å². The van der Waals surface area contributed by atoms with Crippen LogP contribution in [-0.2, 0) is 0 Å². The van der Waals surface area contributed by atoms with Gasteiger partial charge in [0.25, 0.3) is 5.91 Å². The van der Waals surface area contributed by atoms with E-state index in [0.29, 0.717) is 26.3 Å². The van der Waals surface area contributed by atoms with Crippen molar-refractivity contribution in [1.82, 2.24) is 0 Å². The van der Waals surface area contributed by atoms with Crippen LogP contribution in [-0.4, -0.2) is 5.91 Å². The maximum atomic E-state index is 12.0. The van der Waals surface area contributed by atoms with E-state index in [2.05, 4.69) is 5.32 Å². The number of carbonyl (C=O) groups is 1. The zero-order valence-corrected chi connectivity index (χ0v) is 11.4. The Morgan fingerprint density at radius 1 is 0.944 bits per heavy atom. The number of para-hydroxylation sites is 1. The fourth-order valence-corrected chi connectivity index (χ4v) is 2.15. The van der Waals surface area contributed by atoms with E-state index in [9.17, 15) is 4.79 Å². The van der Waals surface area contributed by atoms with Crippen molar-refractivity contribution in [2.75, 3.05) is 5.32 Å². The second kappa shape index (κ2) is 5.61. The smallest absolute Gasteiger partial charge is 0.255 e. The normalized spacial score (nSPS) is 10.2. The summed E-state index contributed by atoms with van der Waals surface area (Å²) in [4.78, 5) is 12.0. The van der Waals surface area contributed by atoms with Gasteiger partial charge in [0.2, 0.25) is 0 Å². The molecule has 1 amide bonds. The number of hydrogen-bond donors (Lipinski definition) is 1. The quantitative estimate of drug-likeness (QED) is 0.840. The summed E-state index contributed by atoms with van der Waals surface area (Å²) in [5.41, 5.74) is 0.924. The van der Waals surface area contributed by atoms with Crippen LogP contribution >= 0.6 is 34.8 Å². The number of rotatable bonds is 2. The Bertz CT molecular complexity index is 578. The van der Waals surface area contributed by atoms with Crippen LogP contribution in [0.5, 0.6) is 0 Å². The molecule has 0 spiro atoms. The number of benzene rings is 2. The first-order valence-electron chi connectivity index (χ1n) is 5.08. The molecule has 0 fully saturated rings. The molecule has 0 aromatic heterocycles. The average molecular weight is 301 g/mol. The summed E-state index contributed by atoms with van der Waals surface area (Å²) in [6.45, 7) is 0. The van der Waals surface area contributed by atoms with E-state index >= 15 is 0 Å². The molecule has 0 saturated heterocycles. The molecule has 2 nitrogen and oxygen atoms in total. The molecule has 1 N–H and O–H groups in total. The van der Waals surface area contributed by atoms with Crippen molar-refractivity contribution in [3.8, 4) is 0 Å². The Hall–Kier alpha value is -1.22. The highest BCUT2D eigenvalue weighted by molar-refractivity contribution is 6.35. The molecule has 0 saturated carbocycles. The Balaban J connectivity index is 2.25. The maximum absolute atomic E-state index is 12.0. The predicted octanol–water partition coefficient (Wildman–Crippen LogP) is 4.90. The van der Waals surface area contributed by atoms with E-state index in [-0.39, 0.29) is 5.91 Å². The average Bonchev–Trinajstić information content (AvgIpc) is 2.31. The third kappa shape index (κ3) is 3.16. The van der Waals surface area contributed by atoms with Gasteiger partial charge in [-0.25, -0.2) is 0 Å². The van der Waals surface area contributed by atoms with Gasteiger partial charge < -0.3 is 5.32 Å². The highest BCUT2D eigenvalue weighted by Gasteiger charge is 2.09. The van der Waals surface area contributed by atoms with E-state index in [1.165, 1.54) is 0 Å². The highest BCUT2D eigenvalue weighted by Crippen LogP contribution is 2.23. The van der Waals surface area contributed by atoms with Crippen LogP contribution in [0.25, 0.3) is 0 Å². The first-order valence-corrected chi connectivity index (χ1v) is 6.21. The lowest BCUT2D eigenvalue weighted by Gasteiger charge is -2.07. The first-order chi connectivity index (χ1) is 8.56. The monoisotopic (exact) mass is 299 g/mol. The van der Waals surface area contributed by atoms with E-state index in [1.807, 2.05) is 0 Å². The number of amides is 1. The maximum Gasteiger partial charge on any atom is 0.255 e. The van der Waals surface area contributed by atoms with Crippen molar-refractivity contribution in [2.24, 2.45) is 0 Å². The van der Waals surface area contributed by atoms with Gasteiger partial charge in [-0.1, -0.05) is 46.9 Å². The number of halogens is 3. The third-order valence-electron chi connectivity index (χ3n) is 2.25. The second-order valence-electron chi connectivity index (χ2n) is 3.59. The Labute approximate surface area is 119 Å². The van der Waals surface area contributed by atoms with Crippen LogP contribution in [0.15, 0.2) is 42.5 Å². The predicted molar refractivity (Wildman–Crippen MR) is 75.9 cm³/mol. The molecule has 2 aromatic carbocycles. The molecular weight excluding hydrogens is 293 g/mol. The SMILES string of the molecule is O=C(Nc1ccccc1Cl)c1cc(Cl)cc(Cl)c1. The number of carbonyl (C=O) groups excluding carboxylic acids is 1. The number of anilines is 1. The highest BCUT2D eigenvalue weighted by atomic mass is 35.5. The number of hydrogen-bond acceptors (Lipinski definition) is 1. The summed E-state index contributed by atoms with van der Waals surface area (Å²) < 4.78 is 0. The van der Waals surface area contributed by atoms with Crippen LogP contribution in [0.2, 0.25) is 15.1 Å². The van der Waals surface area contributed by atoms with E-state index in [1.54, 1.807) is 42.5 Å². The summed E-state index contributed by atoms with van der Waals surface area (Å²) in [5.74, 6) is -0.312. The Morgan fingerprint density at radius 3 is 2.17 bits per heavy atom. The molecule has 2 rings (SSSR count). The topological polar surface area (TPSA) is 29.1 Å². The van der Waals surface area contributed by atoms with Gasteiger partial charge in [-0.2, -0.15) is 0 Å². The van der Waals surface area contributed by atoms with Gasteiger partial charge in [-0.15, -0.1) is 0 Å². The minimum absolute atomic E-state index is 0.312. The van der Waals surface area contributed by atoms with Gasteiger partial charge in [-0.05, 0) is 30.3 Å². The lowest BCUT2D eigenvalue weighted by atomic mass is 10.2. The molecule has 5 heteroatoms. The van der Waals surface area contributed by atoms with E-state index in [4.69, 9.17) is 34.8 Å². The molecule has 2 aromatic rings. The van der Waals surface area contributed by atoms with Crippen LogP contribution in [0, 0.1) is 0 Å². The molecule has 0 radical (unpaired) electrons. The molecule has 0 bridgehead atoms. The van der Waals surface area contributed by atoms with Crippen LogP contribution in [0.1, 0.15) is 10.4 Å². The van der Waals surface area contributed by atoms with Crippen molar-refractivity contribution in [2.45, 2.75) is 0 Å². The van der Waals surface area contributed by atoms with Gasteiger partial charge in [0.1, 0.15) is 0 Å². The summed E-state index contributed by atoms with van der Waals surface area (Å²) >= 11 is 17.6. The summed E-state index contributed by atoms with van der Waals surface area (Å²) in [6, 6.07) is 11.6. The van der Waals surface area contributed by atoms with Crippen LogP contribution < -0.4 is 5.32 Å². The number of nitrogens with one attached hydrogen (secondary N) is 1. The lowest BCUT2D eigenvalue weighted by Crippen LogP contribution is -2.12. The van der Waals surface area contributed by atoms with E-state index in [0.717, 1.165) is 0 Å². The summed E-state index contributed by atoms with van der Waals surface area (Å²) in [7, 11) is 0. The van der Waals surface area contributed by atoms with Crippen molar-refractivity contribution in [3.05, 3.63) is 63.1 Å². The summed E-state index contributed by atoms with van der Waals surface area (Å²) in [5, 5.41) is 3.98. The zero-order chi connectivity index (χ0) is 13.1. The minimum atomic E-state index is -0.312. The molecule has 92 valence electrons. The van der Waals surface area contributed by atoms with Crippen molar-refractivity contribution >= 4 is 46.4 Å². The van der Waals surface area contributed by atoms with E-state index < -0.39 is 0 Å². The Morgan fingerprint density at radius 2 is 1.56 bits per heavy atom. The largest absolute Gasteiger partial charge is 0.321 e. The van der Waals surface area contributed by atoms with Crippen LogP contribution in [0.4, 0.5) is 5.69 Å². The molecule has 0 aliphatic rings. The molecule has 18 heavy (non-hydrogen) atoms. The summed E-state index contributed by atoms with van der Waals surface area (Å²) in [6.07, 6.45) is 0. The van der Waals surface area contributed by atoms with Crippen molar-refractivity contribution in [1.29, 1.82) is 0 Å². The molecular formula is C13H8Cl3NO. The van der Waals surface area contributed by atoms with Gasteiger partial charge in [0.05, 0.1) is 10.7 Å². The zero-order valence-electron chi connectivity index (χ0n) is 9.08. The lowest BCUT2D eigenvalue weighted by molar-refractivity contribution is 0.102. The molecule has 0 aliphatic heterocycles. The van der Waals surface area contributed by atoms with Crippen molar-refractivity contribution in [3.63, 3.8) is 0 Å².